The predicted molar refractivity (Wildman–Crippen MR) is 57.6 cm³/mol. The van der Waals surface area contributed by atoms with Gasteiger partial charge >= 0.3 is 6.01 Å². The molecule has 2 N–H and O–H groups in total. The van der Waals surface area contributed by atoms with Crippen LogP contribution in [0.4, 0.5) is 0 Å². The molecule has 5 nitrogen and oxygen atoms in total. The van der Waals surface area contributed by atoms with Crippen LogP contribution in [-0.4, -0.2) is 22.1 Å². The van der Waals surface area contributed by atoms with Crippen molar-refractivity contribution in [1.82, 2.24) is 9.97 Å². The summed E-state index contributed by atoms with van der Waals surface area (Å²) in [5.41, 5.74) is 6.20. The summed E-state index contributed by atoms with van der Waals surface area (Å²) in [4.78, 5) is 7.87. The molecule has 1 aliphatic rings. The Labute approximate surface area is 94.3 Å². The third kappa shape index (κ3) is 2.47. The summed E-state index contributed by atoms with van der Waals surface area (Å²) in [7, 11) is 0. The van der Waals surface area contributed by atoms with Crippen molar-refractivity contribution in [2.45, 2.75) is 31.2 Å². The van der Waals surface area contributed by atoms with Gasteiger partial charge in [0.1, 0.15) is 18.4 Å². The van der Waals surface area contributed by atoms with Gasteiger partial charge in [-0.2, -0.15) is 10.2 Å². The number of rotatable bonds is 3. The number of nitriles is 1. The molecular weight excluding hydrogens is 204 g/mol. The van der Waals surface area contributed by atoms with E-state index in [1.54, 1.807) is 6.07 Å². The minimum absolute atomic E-state index is 0.232. The molecule has 1 fully saturated rings. The molecule has 5 heteroatoms. The molecule has 1 aromatic heterocycles. The van der Waals surface area contributed by atoms with Crippen molar-refractivity contribution in [2.24, 2.45) is 5.73 Å². The lowest BCUT2D eigenvalue weighted by Gasteiger charge is -2.22. The quantitative estimate of drug-likeness (QED) is 0.818. The first-order valence-corrected chi connectivity index (χ1v) is 5.37. The second kappa shape index (κ2) is 4.45. The van der Waals surface area contributed by atoms with Crippen LogP contribution in [-0.2, 0) is 0 Å². The predicted octanol–water partition coefficient (Wildman–Crippen LogP) is 0.999. The molecule has 0 aromatic carbocycles. The minimum atomic E-state index is -0.244. The average molecular weight is 218 g/mol. The molecule has 0 unspecified atom stereocenters. The van der Waals surface area contributed by atoms with E-state index in [9.17, 15) is 0 Å². The molecule has 0 aliphatic heterocycles. The average Bonchev–Trinajstić information content (AvgIpc) is 2.75. The second-order valence-electron chi connectivity index (χ2n) is 4.19. The molecule has 0 bridgehead atoms. The highest BCUT2D eigenvalue weighted by molar-refractivity contribution is 5.19. The Bertz CT molecular complexity index is 407. The van der Waals surface area contributed by atoms with Gasteiger partial charge < -0.3 is 10.5 Å². The van der Waals surface area contributed by atoms with Crippen molar-refractivity contribution in [3.63, 3.8) is 0 Å². The fourth-order valence-corrected chi connectivity index (χ4v) is 1.90. The van der Waals surface area contributed by atoms with Gasteiger partial charge in [0.15, 0.2) is 0 Å². The van der Waals surface area contributed by atoms with Gasteiger partial charge in [0.2, 0.25) is 0 Å². The van der Waals surface area contributed by atoms with Gasteiger partial charge in [-0.25, -0.2) is 4.98 Å². The van der Waals surface area contributed by atoms with Crippen LogP contribution < -0.4 is 10.5 Å². The van der Waals surface area contributed by atoms with Crippen LogP contribution in [0.1, 0.15) is 31.4 Å². The number of hydrogen-bond acceptors (Lipinski definition) is 5. The Balaban J connectivity index is 1.96. The third-order valence-corrected chi connectivity index (χ3v) is 2.84. The molecule has 0 radical (unpaired) electrons. The molecule has 0 saturated heterocycles. The lowest BCUT2D eigenvalue weighted by molar-refractivity contribution is 0.205. The van der Waals surface area contributed by atoms with Crippen LogP contribution in [0.15, 0.2) is 12.3 Å². The zero-order chi connectivity index (χ0) is 11.4. The Morgan fingerprint density at radius 3 is 2.94 bits per heavy atom. The van der Waals surface area contributed by atoms with Crippen molar-refractivity contribution in [2.75, 3.05) is 6.61 Å². The largest absolute Gasteiger partial charge is 0.461 e. The van der Waals surface area contributed by atoms with Crippen LogP contribution >= 0.6 is 0 Å². The Morgan fingerprint density at radius 2 is 2.25 bits per heavy atom. The zero-order valence-electron chi connectivity index (χ0n) is 9.02. The molecule has 0 spiro atoms. The summed E-state index contributed by atoms with van der Waals surface area (Å²) >= 11 is 0. The molecule has 1 aromatic rings. The number of ether oxygens (including phenoxy) is 1. The van der Waals surface area contributed by atoms with Crippen LogP contribution in [0, 0.1) is 11.3 Å². The van der Waals surface area contributed by atoms with Crippen molar-refractivity contribution in [3.05, 3.63) is 18.0 Å². The SMILES string of the molecule is N#Cc1ccnc(OCC2(N)CCCC2)n1. The summed E-state index contributed by atoms with van der Waals surface area (Å²) < 4.78 is 5.44. The fourth-order valence-electron chi connectivity index (χ4n) is 1.90. The van der Waals surface area contributed by atoms with Crippen molar-refractivity contribution < 1.29 is 4.74 Å². The van der Waals surface area contributed by atoms with Crippen LogP contribution in [0.3, 0.4) is 0 Å². The second-order valence-corrected chi connectivity index (χ2v) is 4.19. The van der Waals surface area contributed by atoms with Gasteiger partial charge in [0.05, 0.1) is 5.54 Å². The van der Waals surface area contributed by atoms with Gasteiger partial charge in [-0.05, 0) is 18.9 Å². The highest BCUT2D eigenvalue weighted by atomic mass is 16.5. The van der Waals surface area contributed by atoms with E-state index in [4.69, 9.17) is 15.7 Å². The summed E-state index contributed by atoms with van der Waals surface area (Å²) in [5.74, 6) is 0. The monoisotopic (exact) mass is 218 g/mol. The van der Waals surface area contributed by atoms with Crippen molar-refractivity contribution in [3.8, 4) is 12.1 Å². The third-order valence-electron chi connectivity index (χ3n) is 2.84. The maximum Gasteiger partial charge on any atom is 0.317 e. The van der Waals surface area contributed by atoms with E-state index in [1.165, 1.54) is 6.20 Å². The molecular formula is C11H14N4O. The van der Waals surface area contributed by atoms with E-state index in [1.807, 2.05) is 6.07 Å². The van der Waals surface area contributed by atoms with Gasteiger partial charge in [-0.3, -0.25) is 0 Å². The lowest BCUT2D eigenvalue weighted by Crippen LogP contribution is -2.42. The molecule has 0 atom stereocenters. The summed E-state index contributed by atoms with van der Waals surface area (Å²) in [6.45, 7) is 0.419. The Hall–Kier alpha value is -1.67. The molecule has 0 amide bonds. The van der Waals surface area contributed by atoms with Crippen LogP contribution in [0.5, 0.6) is 6.01 Å². The summed E-state index contributed by atoms with van der Waals surface area (Å²) in [6, 6.07) is 3.72. The number of aromatic nitrogens is 2. The first kappa shape index (κ1) is 10.8. The Morgan fingerprint density at radius 1 is 1.50 bits per heavy atom. The fraction of sp³-hybridized carbons (Fsp3) is 0.545. The minimum Gasteiger partial charge on any atom is -0.461 e. The maximum atomic E-state index is 8.67. The van der Waals surface area contributed by atoms with Crippen molar-refractivity contribution in [1.29, 1.82) is 5.26 Å². The maximum absolute atomic E-state index is 8.67. The van der Waals surface area contributed by atoms with Crippen LogP contribution in [0.2, 0.25) is 0 Å². The Kier molecular flexibility index (Phi) is 3.02. The van der Waals surface area contributed by atoms with Gasteiger partial charge in [-0.1, -0.05) is 12.8 Å². The first-order valence-electron chi connectivity index (χ1n) is 5.37. The molecule has 1 aliphatic carbocycles. The van der Waals surface area contributed by atoms with Gasteiger partial charge in [0.25, 0.3) is 0 Å². The molecule has 84 valence electrons. The highest BCUT2D eigenvalue weighted by Crippen LogP contribution is 2.27. The van der Waals surface area contributed by atoms with E-state index >= 15 is 0 Å². The summed E-state index contributed by atoms with van der Waals surface area (Å²) in [5, 5.41) is 8.67. The zero-order valence-corrected chi connectivity index (χ0v) is 9.02. The molecule has 2 rings (SSSR count). The van der Waals surface area contributed by atoms with Crippen molar-refractivity contribution >= 4 is 0 Å². The van der Waals surface area contributed by atoms with E-state index in [2.05, 4.69) is 9.97 Å². The highest BCUT2D eigenvalue weighted by Gasteiger charge is 2.30. The van der Waals surface area contributed by atoms with Gasteiger partial charge in [-0.15, -0.1) is 0 Å². The number of nitrogens with zero attached hydrogens (tertiary/aromatic N) is 3. The van der Waals surface area contributed by atoms with Gasteiger partial charge in [0, 0.05) is 6.20 Å². The smallest absolute Gasteiger partial charge is 0.317 e. The normalized spacial score (nSPS) is 18.0. The first-order chi connectivity index (χ1) is 7.72. The van der Waals surface area contributed by atoms with E-state index in [0.717, 1.165) is 25.7 Å². The molecule has 1 heterocycles. The topological polar surface area (TPSA) is 84.8 Å². The summed E-state index contributed by atoms with van der Waals surface area (Å²) in [6.07, 6.45) is 5.77. The standard InChI is InChI=1S/C11H14N4O/c12-7-9-3-6-14-10(15-9)16-8-11(13)4-1-2-5-11/h3,6H,1-2,4-5,8,13H2. The van der Waals surface area contributed by atoms with Crippen LogP contribution in [0.25, 0.3) is 0 Å². The number of nitrogens with two attached hydrogens (primary N) is 1. The molecule has 1 saturated carbocycles. The molecule has 16 heavy (non-hydrogen) atoms. The lowest BCUT2D eigenvalue weighted by atomic mass is 10.0. The number of hydrogen-bond donors (Lipinski definition) is 1. The van der Waals surface area contributed by atoms with E-state index in [0.29, 0.717) is 12.3 Å². The van der Waals surface area contributed by atoms with E-state index < -0.39 is 0 Å². The van der Waals surface area contributed by atoms with E-state index in [-0.39, 0.29) is 11.5 Å².